The molecule has 2 aromatic carbocycles. The molecule has 6 heteroatoms. The highest BCUT2D eigenvalue weighted by molar-refractivity contribution is 5.91. The van der Waals surface area contributed by atoms with Crippen molar-refractivity contribution in [2.45, 2.75) is 6.92 Å². The number of para-hydroxylation sites is 1. The Morgan fingerprint density at radius 1 is 1.27 bits per heavy atom. The summed E-state index contributed by atoms with van der Waals surface area (Å²) in [4.78, 5) is 26.9. The van der Waals surface area contributed by atoms with E-state index in [2.05, 4.69) is 4.98 Å². The van der Waals surface area contributed by atoms with Crippen molar-refractivity contribution < 1.29 is 9.53 Å². The predicted molar refractivity (Wildman–Crippen MR) is 84.3 cm³/mol. The van der Waals surface area contributed by atoms with Crippen LogP contribution in [-0.2, 0) is 0 Å². The van der Waals surface area contributed by atoms with Crippen molar-refractivity contribution in [3.8, 4) is 5.75 Å². The molecule has 0 aliphatic heterocycles. The summed E-state index contributed by atoms with van der Waals surface area (Å²) in [5.41, 5.74) is 7.62. The molecule has 0 aliphatic rings. The number of nitrogens with zero attached hydrogens (tertiary/aromatic N) is 1. The number of nitrogens with two attached hydrogens (primary N) is 1. The van der Waals surface area contributed by atoms with E-state index in [0.717, 1.165) is 10.1 Å². The van der Waals surface area contributed by atoms with Crippen molar-refractivity contribution in [1.82, 2.24) is 9.55 Å². The number of hydrogen-bond acceptors (Lipinski definition) is 4. The summed E-state index contributed by atoms with van der Waals surface area (Å²) in [5.74, 6) is 0.178. The Morgan fingerprint density at radius 3 is 2.82 bits per heavy atom. The summed E-state index contributed by atoms with van der Waals surface area (Å²) >= 11 is 0. The lowest BCUT2D eigenvalue weighted by atomic mass is 10.2. The molecule has 6 nitrogen and oxygen atoms in total. The molecular weight excluding hydrogens is 282 g/mol. The molecule has 3 N–H and O–H groups in total. The van der Waals surface area contributed by atoms with E-state index in [1.807, 2.05) is 25.1 Å². The summed E-state index contributed by atoms with van der Waals surface area (Å²) < 4.78 is 6.56. The van der Waals surface area contributed by atoms with Crippen LogP contribution in [0.1, 0.15) is 10.4 Å². The molecule has 3 rings (SSSR count). The lowest BCUT2D eigenvalue weighted by Crippen LogP contribution is -2.28. The van der Waals surface area contributed by atoms with Crippen molar-refractivity contribution >= 4 is 22.6 Å². The van der Waals surface area contributed by atoms with Gasteiger partial charge in [0.15, 0.2) is 6.61 Å². The monoisotopic (exact) mass is 297 g/mol. The fraction of sp³-hybridized carbons (Fsp3) is 0.125. The van der Waals surface area contributed by atoms with Crippen molar-refractivity contribution in [2.75, 3.05) is 12.3 Å². The number of rotatable bonds is 3. The van der Waals surface area contributed by atoms with Crippen LogP contribution in [0.5, 0.6) is 5.75 Å². The predicted octanol–water partition coefficient (Wildman–Crippen LogP) is 1.94. The number of ether oxygens (including phenoxy) is 1. The van der Waals surface area contributed by atoms with Gasteiger partial charge >= 0.3 is 5.69 Å². The molecule has 0 radical (unpaired) electrons. The Bertz CT molecular complexity index is 908. The van der Waals surface area contributed by atoms with Gasteiger partial charge in [0.25, 0.3) is 5.91 Å². The third kappa shape index (κ3) is 2.46. The average molecular weight is 297 g/mol. The van der Waals surface area contributed by atoms with Crippen LogP contribution in [0, 0.1) is 6.92 Å². The molecule has 3 aromatic rings. The number of H-pyrrole nitrogens is 1. The lowest BCUT2D eigenvalue weighted by Gasteiger charge is -2.08. The van der Waals surface area contributed by atoms with Gasteiger partial charge in [-0.3, -0.25) is 4.79 Å². The van der Waals surface area contributed by atoms with E-state index in [1.54, 1.807) is 24.3 Å². The molecule has 0 saturated carbocycles. The van der Waals surface area contributed by atoms with Crippen molar-refractivity contribution in [2.24, 2.45) is 0 Å². The van der Waals surface area contributed by atoms with Crippen LogP contribution in [0.25, 0.3) is 11.0 Å². The van der Waals surface area contributed by atoms with E-state index in [0.29, 0.717) is 22.5 Å². The van der Waals surface area contributed by atoms with Gasteiger partial charge in [0.1, 0.15) is 5.75 Å². The van der Waals surface area contributed by atoms with Crippen LogP contribution in [0.15, 0.2) is 47.3 Å². The number of carbonyl (C=O) groups excluding carboxylic acids is 1. The number of anilines is 1. The molecule has 0 fully saturated rings. The Hall–Kier alpha value is -3.02. The molecule has 0 spiro atoms. The Kier molecular flexibility index (Phi) is 3.42. The van der Waals surface area contributed by atoms with Gasteiger partial charge in [0.05, 0.1) is 11.0 Å². The largest absolute Gasteiger partial charge is 0.483 e. The minimum absolute atomic E-state index is 0.220. The Morgan fingerprint density at radius 2 is 2.05 bits per heavy atom. The summed E-state index contributed by atoms with van der Waals surface area (Å²) in [6.45, 7) is 1.67. The SMILES string of the molecule is Cc1ccccc1OCC(=O)n1c(=O)[nH]c2cc(N)ccc21. The number of nitrogens with one attached hydrogen (secondary N) is 1. The van der Waals surface area contributed by atoms with Crippen LogP contribution in [0.4, 0.5) is 5.69 Å². The first-order valence-corrected chi connectivity index (χ1v) is 6.78. The third-order valence-electron chi connectivity index (χ3n) is 3.40. The first-order valence-electron chi connectivity index (χ1n) is 6.78. The summed E-state index contributed by atoms with van der Waals surface area (Å²) in [5, 5.41) is 0. The molecule has 0 unspecified atom stereocenters. The molecule has 112 valence electrons. The number of benzene rings is 2. The number of aryl methyl sites for hydroxylation is 1. The zero-order valence-corrected chi connectivity index (χ0v) is 12.0. The highest BCUT2D eigenvalue weighted by Gasteiger charge is 2.15. The number of hydrogen-bond donors (Lipinski definition) is 2. The van der Waals surface area contributed by atoms with Gasteiger partial charge in [-0.1, -0.05) is 18.2 Å². The molecule has 0 aliphatic carbocycles. The third-order valence-corrected chi connectivity index (χ3v) is 3.40. The highest BCUT2D eigenvalue weighted by atomic mass is 16.5. The van der Waals surface area contributed by atoms with Crippen molar-refractivity contribution in [3.63, 3.8) is 0 Å². The van der Waals surface area contributed by atoms with Crippen LogP contribution in [-0.4, -0.2) is 22.1 Å². The first kappa shape index (κ1) is 13.9. The van der Waals surface area contributed by atoms with E-state index in [1.165, 1.54) is 0 Å². The number of aromatic amines is 1. The van der Waals surface area contributed by atoms with E-state index < -0.39 is 11.6 Å². The number of aromatic nitrogens is 2. The fourth-order valence-electron chi connectivity index (χ4n) is 2.30. The molecule has 0 bridgehead atoms. The first-order chi connectivity index (χ1) is 10.6. The lowest BCUT2D eigenvalue weighted by molar-refractivity contribution is 0.0838. The number of fused-ring (bicyclic) bond motifs is 1. The van der Waals surface area contributed by atoms with Gasteiger partial charge in [-0.2, -0.15) is 0 Å². The van der Waals surface area contributed by atoms with E-state index in [9.17, 15) is 9.59 Å². The maximum absolute atomic E-state index is 12.3. The molecule has 0 atom stereocenters. The standard InChI is InChI=1S/C16H15N3O3/c1-10-4-2-3-5-14(10)22-9-15(20)19-13-7-6-11(17)8-12(13)18-16(19)21/h2-8H,9,17H2,1H3,(H,18,21). The van der Waals surface area contributed by atoms with Crippen molar-refractivity contribution in [3.05, 3.63) is 58.5 Å². The average Bonchev–Trinajstić information content (AvgIpc) is 2.81. The molecule has 1 aromatic heterocycles. The quantitative estimate of drug-likeness (QED) is 0.723. The normalized spacial score (nSPS) is 10.8. The second-order valence-electron chi connectivity index (χ2n) is 4.99. The zero-order valence-electron chi connectivity index (χ0n) is 12.0. The Balaban J connectivity index is 1.88. The molecular formula is C16H15N3O3. The summed E-state index contributed by atoms with van der Waals surface area (Å²) in [6, 6.07) is 12.3. The minimum Gasteiger partial charge on any atom is -0.483 e. The second kappa shape index (κ2) is 5.40. The number of imidazole rings is 1. The van der Waals surface area contributed by atoms with Crippen LogP contribution in [0.3, 0.4) is 0 Å². The van der Waals surface area contributed by atoms with Gasteiger partial charge in [-0.15, -0.1) is 0 Å². The topological polar surface area (TPSA) is 90.1 Å². The van der Waals surface area contributed by atoms with Crippen LogP contribution < -0.4 is 16.2 Å². The Labute approximate surface area is 126 Å². The maximum atomic E-state index is 12.3. The van der Waals surface area contributed by atoms with E-state index >= 15 is 0 Å². The van der Waals surface area contributed by atoms with Crippen LogP contribution in [0.2, 0.25) is 0 Å². The molecule has 22 heavy (non-hydrogen) atoms. The van der Waals surface area contributed by atoms with Crippen molar-refractivity contribution in [1.29, 1.82) is 0 Å². The fourth-order valence-corrected chi connectivity index (χ4v) is 2.30. The minimum atomic E-state index is -0.501. The van der Waals surface area contributed by atoms with Gasteiger partial charge < -0.3 is 15.5 Å². The van der Waals surface area contributed by atoms with Gasteiger partial charge in [0.2, 0.25) is 0 Å². The van der Waals surface area contributed by atoms with E-state index in [4.69, 9.17) is 10.5 Å². The molecule has 1 heterocycles. The van der Waals surface area contributed by atoms with Gasteiger partial charge in [0, 0.05) is 5.69 Å². The molecule has 0 amide bonds. The van der Waals surface area contributed by atoms with Gasteiger partial charge in [-0.25, -0.2) is 9.36 Å². The van der Waals surface area contributed by atoms with Gasteiger partial charge in [-0.05, 0) is 36.8 Å². The summed E-state index contributed by atoms with van der Waals surface area (Å²) in [6.07, 6.45) is 0. The molecule has 0 saturated heterocycles. The smallest absolute Gasteiger partial charge is 0.333 e. The number of nitrogen functional groups attached to an aromatic ring is 1. The maximum Gasteiger partial charge on any atom is 0.333 e. The second-order valence-corrected chi connectivity index (χ2v) is 4.99. The number of carbonyl (C=O) groups is 1. The summed E-state index contributed by atoms with van der Waals surface area (Å²) in [7, 11) is 0. The van der Waals surface area contributed by atoms with E-state index in [-0.39, 0.29) is 6.61 Å². The zero-order chi connectivity index (χ0) is 15.7. The highest BCUT2D eigenvalue weighted by Crippen LogP contribution is 2.17. The van der Waals surface area contributed by atoms with Crippen LogP contribution >= 0.6 is 0 Å².